The number of methoxy groups -OCH3 is 1. The van der Waals surface area contributed by atoms with Gasteiger partial charge in [0.25, 0.3) is 5.91 Å². The van der Waals surface area contributed by atoms with Crippen molar-refractivity contribution in [3.05, 3.63) is 23.9 Å². The summed E-state index contributed by atoms with van der Waals surface area (Å²) < 4.78 is 4.90. The highest BCUT2D eigenvalue weighted by Gasteiger charge is 2.11. The molecule has 1 heterocycles. The van der Waals surface area contributed by atoms with Crippen LogP contribution in [0.25, 0.3) is 0 Å². The van der Waals surface area contributed by atoms with Crippen LogP contribution in [0.1, 0.15) is 19.0 Å². The number of carbonyl (C=O) groups is 1. The number of hydrogen-bond donors (Lipinski definition) is 2. The smallest absolute Gasteiger partial charge is 0.254 e. The summed E-state index contributed by atoms with van der Waals surface area (Å²) in [7, 11) is 1.47. The summed E-state index contributed by atoms with van der Waals surface area (Å²) >= 11 is 0. The summed E-state index contributed by atoms with van der Waals surface area (Å²) in [6.45, 7) is 1.68. The minimum absolute atomic E-state index is 0.0226. The summed E-state index contributed by atoms with van der Waals surface area (Å²) in [5, 5.41) is 11.2. The van der Waals surface area contributed by atoms with E-state index < -0.39 is 6.10 Å². The zero-order valence-corrected chi connectivity index (χ0v) is 10.4. The molecule has 0 saturated heterocycles. The van der Waals surface area contributed by atoms with Gasteiger partial charge in [0, 0.05) is 13.5 Å². The summed E-state index contributed by atoms with van der Waals surface area (Å²) in [6.07, 6.45) is -0.130. The Balaban J connectivity index is 2.71. The molecule has 0 aliphatic heterocycles. The van der Waals surface area contributed by atoms with E-state index >= 15 is 0 Å². The lowest BCUT2D eigenvalue weighted by Gasteiger charge is -2.09. The van der Waals surface area contributed by atoms with Gasteiger partial charge in [0.1, 0.15) is 17.6 Å². The molecule has 96 valence electrons. The number of nitrogens with one attached hydrogen (secondary N) is 1. The number of amides is 1. The van der Waals surface area contributed by atoms with Gasteiger partial charge in [-0.2, -0.15) is 0 Å². The average molecular weight is 248 g/mol. The molecule has 18 heavy (non-hydrogen) atoms. The van der Waals surface area contributed by atoms with Crippen molar-refractivity contribution in [3.8, 4) is 11.8 Å². The third-order valence-corrected chi connectivity index (χ3v) is 2.18. The van der Waals surface area contributed by atoms with Gasteiger partial charge >= 0.3 is 0 Å². The summed E-state index contributed by atoms with van der Waals surface area (Å²) in [5.41, 5.74) is 0.548. The predicted molar refractivity (Wildman–Crippen MR) is 67.9 cm³/mol. The van der Waals surface area contributed by atoms with Crippen molar-refractivity contribution in [1.29, 1.82) is 0 Å². The number of anilines is 1. The van der Waals surface area contributed by atoms with Crippen molar-refractivity contribution in [2.75, 3.05) is 19.0 Å². The average Bonchev–Trinajstić information content (AvgIpc) is 2.38. The van der Waals surface area contributed by atoms with E-state index in [-0.39, 0.29) is 12.5 Å². The molecule has 1 aromatic heterocycles. The molecule has 2 N–H and O–H groups in total. The Hall–Kier alpha value is -1.90. The number of hydrogen-bond acceptors (Lipinski definition) is 4. The number of aliphatic hydroxyl groups excluding tert-OH is 1. The number of aromatic nitrogens is 1. The molecule has 0 radical (unpaired) electrons. The van der Waals surface area contributed by atoms with E-state index in [0.717, 1.165) is 0 Å². The van der Waals surface area contributed by atoms with Gasteiger partial charge in [-0.25, -0.2) is 4.98 Å². The van der Waals surface area contributed by atoms with Crippen LogP contribution in [-0.2, 0) is 9.53 Å². The SMILES string of the molecule is COC(C)C(=O)Nc1cccc(C#CCCO)n1. The monoisotopic (exact) mass is 248 g/mol. The van der Waals surface area contributed by atoms with Crippen LogP contribution >= 0.6 is 0 Å². The van der Waals surface area contributed by atoms with Gasteiger partial charge in [-0.3, -0.25) is 4.79 Å². The fourth-order valence-corrected chi connectivity index (χ4v) is 1.12. The third kappa shape index (κ3) is 4.53. The van der Waals surface area contributed by atoms with Gasteiger partial charge in [0.05, 0.1) is 6.61 Å². The van der Waals surface area contributed by atoms with Crippen LogP contribution in [-0.4, -0.2) is 35.8 Å². The van der Waals surface area contributed by atoms with Gasteiger partial charge in [-0.1, -0.05) is 12.0 Å². The Morgan fingerprint density at radius 1 is 1.61 bits per heavy atom. The second kappa shape index (κ2) is 7.43. The Kier molecular flexibility index (Phi) is 5.85. The molecule has 0 bridgehead atoms. The van der Waals surface area contributed by atoms with Crippen LogP contribution in [0.4, 0.5) is 5.82 Å². The molecule has 0 saturated carbocycles. The predicted octanol–water partition coefficient (Wildman–Crippen LogP) is 0.789. The van der Waals surface area contributed by atoms with E-state index in [1.807, 2.05) is 0 Å². The Morgan fingerprint density at radius 2 is 2.39 bits per heavy atom. The second-order valence-electron chi connectivity index (χ2n) is 3.55. The summed E-state index contributed by atoms with van der Waals surface area (Å²) in [4.78, 5) is 15.7. The van der Waals surface area contributed by atoms with Gasteiger partial charge in [-0.05, 0) is 25.0 Å². The molecule has 1 unspecified atom stereocenters. The van der Waals surface area contributed by atoms with Crippen LogP contribution in [0.5, 0.6) is 0 Å². The number of nitrogens with zero attached hydrogens (tertiary/aromatic N) is 1. The van der Waals surface area contributed by atoms with Crippen molar-refractivity contribution in [3.63, 3.8) is 0 Å². The molecule has 1 atom stereocenters. The first-order valence-electron chi connectivity index (χ1n) is 5.58. The van der Waals surface area contributed by atoms with E-state index in [1.165, 1.54) is 7.11 Å². The van der Waals surface area contributed by atoms with Crippen molar-refractivity contribution in [1.82, 2.24) is 4.98 Å². The number of rotatable bonds is 4. The first-order chi connectivity index (χ1) is 8.67. The number of pyridine rings is 1. The zero-order valence-electron chi connectivity index (χ0n) is 10.4. The Morgan fingerprint density at radius 3 is 3.06 bits per heavy atom. The zero-order chi connectivity index (χ0) is 13.4. The molecule has 5 nitrogen and oxygen atoms in total. The highest BCUT2D eigenvalue weighted by molar-refractivity contribution is 5.93. The van der Waals surface area contributed by atoms with Crippen molar-refractivity contribution >= 4 is 11.7 Å². The lowest BCUT2D eigenvalue weighted by Crippen LogP contribution is -2.26. The van der Waals surface area contributed by atoms with Crippen LogP contribution in [0.3, 0.4) is 0 Å². The van der Waals surface area contributed by atoms with Gasteiger partial charge < -0.3 is 15.2 Å². The third-order valence-electron chi connectivity index (χ3n) is 2.18. The van der Waals surface area contributed by atoms with Crippen molar-refractivity contribution < 1.29 is 14.6 Å². The lowest BCUT2D eigenvalue weighted by atomic mass is 10.3. The molecule has 5 heteroatoms. The summed E-state index contributed by atoms with van der Waals surface area (Å²) in [5.74, 6) is 5.74. The number of carbonyl (C=O) groups excluding carboxylic acids is 1. The van der Waals surface area contributed by atoms with Crippen LogP contribution in [0.15, 0.2) is 18.2 Å². The van der Waals surface area contributed by atoms with E-state index in [9.17, 15) is 4.79 Å². The van der Waals surface area contributed by atoms with Crippen molar-refractivity contribution in [2.45, 2.75) is 19.4 Å². The molecule has 0 aromatic carbocycles. The molecule has 1 rings (SSSR count). The van der Waals surface area contributed by atoms with E-state index in [1.54, 1.807) is 25.1 Å². The fraction of sp³-hybridized carbons (Fsp3) is 0.385. The topological polar surface area (TPSA) is 71.5 Å². The largest absolute Gasteiger partial charge is 0.395 e. The van der Waals surface area contributed by atoms with Gasteiger partial charge in [0.2, 0.25) is 0 Å². The highest BCUT2D eigenvalue weighted by atomic mass is 16.5. The van der Waals surface area contributed by atoms with E-state index in [4.69, 9.17) is 9.84 Å². The van der Waals surface area contributed by atoms with E-state index in [2.05, 4.69) is 22.1 Å². The minimum Gasteiger partial charge on any atom is -0.395 e. The van der Waals surface area contributed by atoms with Gasteiger partial charge in [-0.15, -0.1) is 0 Å². The molecular formula is C13H16N2O3. The van der Waals surface area contributed by atoms with Gasteiger partial charge in [0.15, 0.2) is 0 Å². The molecule has 0 fully saturated rings. The molecule has 0 aliphatic rings. The maximum atomic E-state index is 11.6. The Labute approximate surface area is 106 Å². The second-order valence-corrected chi connectivity index (χ2v) is 3.55. The maximum absolute atomic E-state index is 11.6. The highest BCUT2D eigenvalue weighted by Crippen LogP contribution is 2.05. The van der Waals surface area contributed by atoms with Crippen molar-refractivity contribution in [2.24, 2.45) is 0 Å². The van der Waals surface area contributed by atoms with Crippen LogP contribution in [0, 0.1) is 11.8 Å². The molecule has 0 spiro atoms. The quantitative estimate of drug-likeness (QED) is 0.773. The molecular weight excluding hydrogens is 232 g/mol. The number of aliphatic hydroxyl groups is 1. The number of ether oxygens (including phenoxy) is 1. The van der Waals surface area contributed by atoms with E-state index in [0.29, 0.717) is 17.9 Å². The lowest BCUT2D eigenvalue weighted by molar-refractivity contribution is -0.124. The molecule has 1 aromatic rings. The minimum atomic E-state index is -0.532. The molecule has 0 aliphatic carbocycles. The fourth-order valence-electron chi connectivity index (χ4n) is 1.12. The molecule has 1 amide bonds. The summed E-state index contributed by atoms with van der Waals surface area (Å²) in [6, 6.07) is 5.17. The standard InChI is InChI=1S/C13H16N2O3/c1-10(18-2)13(17)15-12-8-5-7-11(14-12)6-3-4-9-16/h5,7-8,10,16H,4,9H2,1-2H3,(H,14,15,17). The first kappa shape index (κ1) is 14.2. The van der Waals surface area contributed by atoms with Crippen LogP contribution in [0.2, 0.25) is 0 Å². The normalized spacial score (nSPS) is 11.3. The Bertz CT molecular complexity index is 463. The first-order valence-corrected chi connectivity index (χ1v) is 5.58. The van der Waals surface area contributed by atoms with Crippen LogP contribution < -0.4 is 5.32 Å². The maximum Gasteiger partial charge on any atom is 0.254 e.